The van der Waals surface area contributed by atoms with Gasteiger partial charge in [-0.3, -0.25) is 5.10 Å². The molecule has 2 aromatic rings. The van der Waals surface area contributed by atoms with Gasteiger partial charge >= 0.3 is 0 Å². The van der Waals surface area contributed by atoms with Crippen molar-refractivity contribution in [1.82, 2.24) is 19.8 Å². The van der Waals surface area contributed by atoms with E-state index >= 15 is 0 Å². The number of H-pyrrole nitrogens is 1. The summed E-state index contributed by atoms with van der Waals surface area (Å²) in [5.74, 6) is 1.94. The number of aromatic amines is 1. The summed E-state index contributed by atoms with van der Waals surface area (Å²) in [6, 6.07) is 2.00. The van der Waals surface area contributed by atoms with Crippen LogP contribution < -0.4 is 5.73 Å². The molecule has 2 aromatic heterocycles. The smallest absolute Gasteiger partial charge is 0.178 e. The Bertz CT molecular complexity index is 418. The van der Waals surface area contributed by atoms with Crippen LogP contribution in [0.15, 0.2) is 11.1 Å². The average molecular weight is 211 g/mol. The van der Waals surface area contributed by atoms with E-state index in [1.807, 2.05) is 10.6 Å². The van der Waals surface area contributed by atoms with Crippen LogP contribution in [0.3, 0.4) is 0 Å². The van der Waals surface area contributed by atoms with Crippen LogP contribution in [0.1, 0.15) is 12.7 Å². The molecule has 6 heteroatoms. The number of hydrogen-bond acceptors (Lipinski definition) is 4. The predicted molar refractivity (Wildman–Crippen MR) is 56.5 cm³/mol. The van der Waals surface area contributed by atoms with E-state index in [4.69, 9.17) is 5.73 Å². The molecule has 2 rings (SSSR count). The summed E-state index contributed by atoms with van der Waals surface area (Å²) in [6.45, 7) is 2.71. The first-order chi connectivity index (χ1) is 6.85. The van der Waals surface area contributed by atoms with E-state index in [0.29, 0.717) is 6.54 Å². The van der Waals surface area contributed by atoms with Crippen molar-refractivity contribution in [1.29, 1.82) is 0 Å². The molecule has 0 atom stereocenters. The molecule has 0 unspecified atom stereocenters. The van der Waals surface area contributed by atoms with Crippen molar-refractivity contribution < 1.29 is 0 Å². The number of nitrogens with one attached hydrogen (secondary N) is 1. The molecule has 0 aliphatic heterocycles. The minimum Gasteiger partial charge on any atom is -0.330 e. The summed E-state index contributed by atoms with van der Waals surface area (Å²) in [4.78, 5) is 0. The molecule has 0 aromatic carbocycles. The van der Waals surface area contributed by atoms with Gasteiger partial charge in [0.05, 0.1) is 5.03 Å². The van der Waals surface area contributed by atoms with Crippen molar-refractivity contribution in [2.75, 3.05) is 12.3 Å². The lowest BCUT2D eigenvalue weighted by molar-refractivity contribution is 0.778. The normalized spacial score (nSPS) is 11.3. The molecule has 0 amide bonds. The van der Waals surface area contributed by atoms with Crippen molar-refractivity contribution in [2.45, 2.75) is 18.4 Å². The van der Waals surface area contributed by atoms with Crippen LogP contribution in [0, 0.1) is 0 Å². The second-order valence-corrected chi connectivity index (χ2v) is 4.21. The highest BCUT2D eigenvalue weighted by atomic mass is 32.2. The third-order valence-corrected chi connectivity index (χ3v) is 2.71. The number of rotatable bonds is 4. The lowest BCUT2D eigenvalue weighted by atomic mass is 10.4. The van der Waals surface area contributed by atoms with E-state index in [9.17, 15) is 0 Å². The number of nitrogens with two attached hydrogens (primary N) is 1. The first kappa shape index (κ1) is 9.54. The van der Waals surface area contributed by atoms with E-state index in [0.717, 1.165) is 28.7 Å². The Morgan fingerprint density at radius 1 is 1.57 bits per heavy atom. The highest BCUT2D eigenvalue weighted by molar-refractivity contribution is 7.99. The molecule has 0 bridgehead atoms. The van der Waals surface area contributed by atoms with Crippen LogP contribution in [0.25, 0.3) is 5.65 Å². The van der Waals surface area contributed by atoms with Crippen LogP contribution in [0.5, 0.6) is 0 Å². The van der Waals surface area contributed by atoms with Gasteiger partial charge in [-0.15, -0.1) is 22.0 Å². The van der Waals surface area contributed by atoms with E-state index < -0.39 is 0 Å². The molecule has 0 radical (unpaired) electrons. The van der Waals surface area contributed by atoms with Crippen LogP contribution in [-0.2, 0) is 6.42 Å². The highest BCUT2D eigenvalue weighted by Crippen LogP contribution is 2.17. The van der Waals surface area contributed by atoms with Crippen molar-refractivity contribution in [3.8, 4) is 0 Å². The maximum atomic E-state index is 5.48. The second kappa shape index (κ2) is 4.02. The lowest BCUT2D eigenvalue weighted by Gasteiger charge is -1.94. The Morgan fingerprint density at radius 2 is 2.43 bits per heavy atom. The number of aromatic nitrogens is 4. The zero-order chi connectivity index (χ0) is 9.97. The molecule has 5 nitrogen and oxygen atoms in total. The summed E-state index contributed by atoms with van der Waals surface area (Å²) >= 11 is 1.76. The molecular weight excluding hydrogens is 198 g/mol. The van der Waals surface area contributed by atoms with Gasteiger partial charge in [0, 0.05) is 12.5 Å². The fraction of sp³-hybridized carbons (Fsp3) is 0.500. The lowest BCUT2D eigenvalue weighted by Crippen LogP contribution is -2.06. The molecule has 0 saturated carbocycles. The third kappa shape index (κ3) is 1.62. The molecule has 76 valence electrons. The van der Waals surface area contributed by atoms with Gasteiger partial charge in [-0.2, -0.15) is 0 Å². The second-order valence-electron chi connectivity index (χ2n) is 2.90. The Labute approximate surface area is 86.1 Å². The monoisotopic (exact) mass is 211 g/mol. The van der Waals surface area contributed by atoms with Crippen LogP contribution in [0.2, 0.25) is 0 Å². The quantitative estimate of drug-likeness (QED) is 0.729. The predicted octanol–water partition coefficient (Wildman–Crippen LogP) is 0.671. The van der Waals surface area contributed by atoms with E-state index in [2.05, 4.69) is 22.2 Å². The number of thioether (sulfide) groups is 1. The molecule has 0 aliphatic rings. The molecular formula is C8H13N5S. The Kier molecular flexibility index (Phi) is 2.74. The number of hydrogen-bond donors (Lipinski definition) is 2. The summed E-state index contributed by atoms with van der Waals surface area (Å²) in [7, 11) is 0. The summed E-state index contributed by atoms with van der Waals surface area (Å²) in [5, 5.41) is 12.4. The van der Waals surface area contributed by atoms with Crippen LogP contribution in [0.4, 0.5) is 0 Å². The van der Waals surface area contributed by atoms with E-state index in [-0.39, 0.29) is 0 Å². The van der Waals surface area contributed by atoms with Gasteiger partial charge in [-0.25, -0.2) is 4.52 Å². The molecule has 2 heterocycles. The van der Waals surface area contributed by atoms with Gasteiger partial charge in [-0.1, -0.05) is 6.92 Å². The van der Waals surface area contributed by atoms with Crippen molar-refractivity contribution >= 4 is 17.4 Å². The van der Waals surface area contributed by atoms with Gasteiger partial charge in [0.2, 0.25) is 0 Å². The fourth-order valence-corrected chi connectivity index (χ4v) is 1.98. The van der Waals surface area contributed by atoms with Gasteiger partial charge in [0.25, 0.3) is 0 Å². The van der Waals surface area contributed by atoms with Gasteiger partial charge in [-0.05, 0) is 12.3 Å². The summed E-state index contributed by atoms with van der Waals surface area (Å²) < 4.78 is 1.89. The molecule has 0 saturated heterocycles. The maximum Gasteiger partial charge on any atom is 0.178 e. The SMILES string of the molecule is CCSc1cc2nnc(CCN)n2[nH]1. The molecule has 14 heavy (non-hydrogen) atoms. The molecule has 0 spiro atoms. The minimum absolute atomic E-state index is 0.593. The Morgan fingerprint density at radius 3 is 3.14 bits per heavy atom. The standard InChI is InChI=1S/C8H13N5S/c1-2-14-8-5-7-11-10-6(3-4-9)13(7)12-8/h5,12H,2-4,9H2,1H3. The van der Waals surface area contributed by atoms with Crippen molar-refractivity contribution in [2.24, 2.45) is 5.73 Å². The highest BCUT2D eigenvalue weighted by Gasteiger charge is 2.07. The summed E-state index contributed by atoms with van der Waals surface area (Å²) in [6.07, 6.45) is 0.748. The van der Waals surface area contributed by atoms with Crippen molar-refractivity contribution in [3.05, 3.63) is 11.9 Å². The van der Waals surface area contributed by atoms with Gasteiger partial charge < -0.3 is 5.73 Å². The first-order valence-electron chi connectivity index (χ1n) is 4.61. The largest absolute Gasteiger partial charge is 0.330 e. The fourth-order valence-electron chi connectivity index (χ4n) is 1.33. The van der Waals surface area contributed by atoms with Crippen LogP contribution in [-0.4, -0.2) is 32.1 Å². The van der Waals surface area contributed by atoms with E-state index in [1.54, 1.807) is 11.8 Å². The first-order valence-corrected chi connectivity index (χ1v) is 5.59. The Balaban J connectivity index is 2.35. The van der Waals surface area contributed by atoms with E-state index in [1.165, 1.54) is 0 Å². The van der Waals surface area contributed by atoms with Gasteiger partial charge in [0.1, 0.15) is 0 Å². The zero-order valence-corrected chi connectivity index (χ0v) is 8.84. The number of nitrogens with zero attached hydrogens (tertiary/aromatic N) is 3. The van der Waals surface area contributed by atoms with Gasteiger partial charge in [0.15, 0.2) is 11.5 Å². The van der Waals surface area contributed by atoms with Crippen molar-refractivity contribution in [3.63, 3.8) is 0 Å². The maximum absolute atomic E-state index is 5.48. The molecule has 3 N–H and O–H groups in total. The molecule has 0 fully saturated rings. The topological polar surface area (TPSA) is 72.0 Å². The minimum atomic E-state index is 0.593. The molecule has 0 aliphatic carbocycles. The summed E-state index contributed by atoms with van der Waals surface area (Å²) in [5.41, 5.74) is 6.34. The Hall–Kier alpha value is -1.01. The number of fused-ring (bicyclic) bond motifs is 1. The van der Waals surface area contributed by atoms with Crippen LogP contribution >= 0.6 is 11.8 Å². The average Bonchev–Trinajstić information content (AvgIpc) is 2.69. The third-order valence-electron chi connectivity index (χ3n) is 1.91. The zero-order valence-electron chi connectivity index (χ0n) is 8.03.